The molecule has 1 aliphatic rings. The fourth-order valence-electron chi connectivity index (χ4n) is 2.46. The number of anilines is 1. The van der Waals surface area contributed by atoms with E-state index in [0.717, 1.165) is 25.9 Å². The first-order valence-corrected chi connectivity index (χ1v) is 8.00. The summed E-state index contributed by atoms with van der Waals surface area (Å²) in [4.78, 5) is 25.9. The molecule has 1 aromatic heterocycles. The fraction of sp³-hybridized carbons (Fsp3) is 0.667. The van der Waals surface area contributed by atoms with Crippen molar-refractivity contribution in [3.8, 4) is 0 Å². The van der Waals surface area contributed by atoms with E-state index in [1.165, 1.54) is 4.68 Å². The lowest BCUT2D eigenvalue weighted by molar-refractivity contribution is -0.122. The van der Waals surface area contributed by atoms with Crippen LogP contribution in [0, 0.1) is 5.92 Å². The van der Waals surface area contributed by atoms with Gasteiger partial charge in [-0.3, -0.25) is 14.3 Å². The third kappa shape index (κ3) is 8.53. The predicted molar refractivity (Wildman–Crippen MR) is 103 cm³/mol. The summed E-state index contributed by atoms with van der Waals surface area (Å²) in [7, 11) is 3.91. The number of carbonyl (C=O) groups is 2. The van der Waals surface area contributed by atoms with Crippen LogP contribution in [0.3, 0.4) is 0 Å². The predicted octanol–water partition coefficient (Wildman–Crippen LogP) is 0.343. The molecule has 8 nitrogen and oxygen atoms in total. The van der Waals surface area contributed by atoms with Crippen LogP contribution in [0.25, 0.3) is 0 Å². The first kappa shape index (κ1) is 23.6. The Hall–Kier alpha value is -1.35. The summed E-state index contributed by atoms with van der Waals surface area (Å²) in [6.07, 6.45) is 5.17. The number of hydrogen-bond donors (Lipinski definition) is 3. The Morgan fingerprint density at radius 2 is 2.16 bits per heavy atom. The molecule has 0 radical (unpaired) electrons. The zero-order valence-corrected chi connectivity index (χ0v) is 16.3. The lowest BCUT2D eigenvalue weighted by atomic mass is 9.99. The summed E-state index contributed by atoms with van der Waals surface area (Å²) < 4.78 is 1.53. The van der Waals surface area contributed by atoms with Gasteiger partial charge in [-0.1, -0.05) is 0 Å². The molecular weight excluding hydrogens is 367 g/mol. The molecule has 1 fully saturated rings. The maximum absolute atomic E-state index is 12.1. The molecule has 1 aromatic rings. The van der Waals surface area contributed by atoms with Gasteiger partial charge in [-0.05, 0) is 33.5 Å². The highest BCUT2D eigenvalue weighted by Gasteiger charge is 2.21. The highest BCUT2D eigenvalue weighted by Crippen LogP contribution is 2.13. The van der Waals surface area contributed by atoms with Gasteiger partial charge in [-0.25, -0.2) is 0 Å². The second kappa shape index (κ2) is 12.1. The molecule has 3 N–H and O–H groups in total. The van der Waals surface area contributed by atoms with Crippen LogP contribution in [0.4, 0.5) is 5.69 Å². The number of amides is 2. The third-order valence-corrected chi connectivity index (χ3v) is 3.76. The second-order valence-corrected chi connectivity index (χ2v) is 6.11. The van der Waals surface area contributed by atoms with Crippen LogP contribution < -0.4 is 16.0 Å². The number of aromatic nitrogens is 2. The van der Waals surface area contributed by atoms with Crippen LogP contribution in [-0.4, -0.2) is 66.8 Å². The number of rotatable bonds is 7. The highest BCUT2D eigenvalue weighted by molar-refractivity contribution is 5.92. The van der Waals surface area contributed by atoms with Gasteiger partial charge in [0.25, 0.3) is 0 Å². The largest absolute Gasteiger partial charge is 0.353 e. The molecule has 2 rings (SSSR count). The maximum atomic E-state index is 12.1. The molecule has 1 atom stereocenters. The summed E-state index contributed by atoms with van der Waals surface area (Å²) in [5.41, 5.74) is 0.627. The van der Waals surface area contributed by atoms with E-state index in [-0.39, 0.29) is 49.1 Å². The molecule has 2 heterocycles. The lowest BCUT2D eigenvalue weighted by Gasteiger charge is -2.21. The normalized spacial score (nSPS) is 16.5. The van der Waals surface area contributed by atoms with Crippen molar-refractivity contribution in [1.82, 2.24) is 25.3 Å². The quantitative estimate of drug-likeness (QED) is 0.620. The van der Waals surface area contributed by atoms with Gasteiger partial charge in [0.15, 0.2) is 0 Å². The molecule has 0 aromatic carbocycles. The Kier molecular flexibility index (Phi) is 11.4. The maximum Gasteiger partial charge on any atom is 0.241 e. The average Bonchev–Trinajstić information content (AvgIpc) is 2.94. The topological polar surface area (TPSA) is 91.3 Å². The van der Waals surface area contributed by atoms with Crippen LogP contribution in [0.5, 0.6) is 0 Å². The molecule has 25 heavy (non-hydrogen) atoms. The van der Waals surface area contributed by atoms with Crippen LogP contribution in [0.2, 0.25) is 0 Å². The van der Waals surface area contributed by atoms with Gasteiger partial charge < -0.3 is 20.9 Å². The molecule has 10 heteroatoms. The van der Waals surface area contributed by atoms with E-state index < -0.39 is 0 Å². The Labute approximate surface area is 160 Å². The SMILES string of the molecule is CN(C)CCNC(=O)Cn1cc(NC(=O)C2CCCNC2)cn1.Cl.Cl. The molecule has 1 saturated heterocycles. The minimum Gasteiger partial charge on any atom is -0.353 e. The summed E-state index contributed by atoms with van der Waals surface area (Å²) >= 11 is 0. The summed E-state index contributed by atoms with van der Waals surface area (Å²) in [6, 6.07) is 0. The number of likely N-dealkylation sites (N-methyl/N-ethyl adjacent to an activating group) is 1. The van der Waals surface area contributed by atoms with Crippen molar-refractivity contribution in [2.24, 2.45) is 5.92 Å². The molecule has 0 aliphatic carbocycles. The van der Waals surface area contributed by atoms with Crippen molar-refractivity contribution in [2.75, 3.05) is 45.6 Å². The Bertz CT molecular complexity index is 532. The molecular formula is C15H28Cl2N6O2. The van der Waals surface area contributed by atoms with E-state index in [1.54, 1.807) is 12.4 Å². The van der Waals surface area contributed by atoms with Crippen LogP contribution in [0.1, 0.15) is 12.8 Å². The van der Waals surface area contributed by atoms with Gasteiger partial charge in [0, 0.05) is 25.8 Å². The van der Waals surface area contributed by atoms with Crippen molar-refractivity contribution < 1.29 is 9.59 Å². The Morgan fingerprint density at radius 1 is 1.40 bits per heavy atom. The molecule has 1 unspecified atom stereocenters. The van der Waals surface area contributed by atoms with Crippen LogP contribution in [-0.2, 0) is 16.1 Å². The van der Waals surface area contributed by atoms with Gasteiger partial charge in [-0.15, -0.1) is 24.8 Å². The molecule has 0 bridgehead atoms. The smallest absolute Gasteiger partial charge is 0.241 e. The van der Waals surface area contributed by atoms with Gasteiger partial charge in [0.1, 0.15) is 6.54 Å². The van der Waals surface area contributed by atoms with E-state index >= 15 is 0 Å². The van der Waals surface area contributed by atoms with E-state index in [1.807, 2.05) is 19.0 Å². The molecule has 144 valence electrons. The summed E-state index contributed by atoms with van der Waals surface area (Å²) in [6.45, 7) is 3.24. The number of halogens is 2. The van der Waals surface area contributed by atoms with Crippen molar-refractivity contribution >= 4 is 42.3 Å². The second-order valence-electron chi connectivity index (χ2n) is 6.11. The first-order chi connectivity index (χ1) is 11.0. The van der Waals surface area contributed by atoms with Gasteiger partial charge >= 0.3 is 0 Å². The van der Waals surface area contributed by atoms with Crippen molar-refractivity contribution in [3.63, 3.8) is 0 Å². The number of hydrogen-bond acceptors (Lipinski definition) is 5. The van der Waals surface area contributed by atoms with Gasteiger partial charge in [-0.2, -0.15) is 5.10 Å². The van der Waals surface area contributed by atoms with Gasteiger partial charge in [0.2, 0.25) is 11.8 Å². The number of carbonyl (C=O) groups excluding carboxylic acids is 2. The zero-order chi connectivity index (χ0) is 16.7. The van der Waals surface area contributed by atoms with Crippen molar-refractivity contribution in [3.05, 3.63) is 12.4 Å². The zero-order valence-electron chi connectivity index (χ0n) is 14.7. The third-order valence-electron chi connectivity index (χ3n) is 3.76. The average molecular weight is 395 g/mol. The highest BCUT2D eigenvalue weighted by atomic mass is 35.5. The minimum atomic E-state index is -0.0932. The number of nitrogens with one attached hydrogen (secondary N) is 3. The van der Waals surface area contributed by atoms with E-state index in [4.69, 9.17) is 0 Å². The molecule has 1 aliphatic heterocycles. The van der Waals surface area contributed by atoms with Crippen LogP contribution >= 0.6 is 24.8 Å². The van der Waals surface area contributed by atoms with Crippen LogP contribution in [0.15, 0.2) is 12.4 Å². The summed E-state index contributed by atoms with van der Waals surface area (Å²) in [5, 5.41) is 13.0. The van der Waals surface area contributed by atoms with E-state index in [0.29, 0.717) is 18.8 Å². The minimum absolute atomic E-state index is 0. The van der Waals surface area contributed by atoms with E-state index in [2.05, 4.69) is 21.0 Å². The monoisotopic (exact) mass is 394 g/mol. The summed E-state index contributed by atoms with van der Waals surface area (Å²) in [5.74, 6) is -0.0853. The molecule has 0 spiro atoms. The van der Waals surface area contributed by atoms with Crippen molar-refractivity contribution in [2.45, 2.75) is 19.4 Å². The molecule has 2 amide bonds. The van der Waals surface area contributed by atoms with E-state index in [9.17, 15) is 9.59 Å². The first-order valence-electron chi connectivity index (χ1n) is 8.00. The lowest BCUT2D eigenvalue weighted by Crippen LogP contribution is -2.37. The van der Waals surface area contributed by atoms with Gasteiger partial charge in [0.05, 0.1) is 17.8 Å². The molecule has 0 saturated carbocycles. The standard InChI is InChI=1S/C15H26N6O2.2ClH/c1-20(2)7-6-17-14(22)11-21-10-13(9-18-21)19-15(23)12-4-3-5-16-8-12;;/h9-10,12,16H,3-8,11H2,1-2H3,(H,17,22)(H,19,23);2*1H. The Balaban J connectivity index is 0.00000288. The fourth-order valence-corrected chi connectivity index (χ4v) is 2.46. The van der Waals surface area contributed by atoms with Crippen molar-refractivity contribution in [1.29, 1.82) is 0 Å². The Morgan fingerprint density at radius 3 is 2.80 bits per heavy atom. The number of piperidine rings is 1. The number of nitrogens with zero attached hydrogens (tertiary/aromatic N) is 3.